The Hall–Kier alpha value is -0.930. The van der Waals surface area contributed by atoms with Crippen LogP contribution in [0, 0.1) is 0 Å². The number of aromatic nitrogens is 1. The first-order chi connectivity index (χ1) is 8.75. The van der Waals surface area contributed by atoms with Gasteiger partial charge in [0.1, 0.15) is 0 Å². The van der Waals surface area contributed by atoms with Crippen molar-refractivity contribution < 1.29 is 5.11 Å². The molecule has 1 aliphatic rings. The normalized spacial score (nSPS) is 22.9. The molecule has 1 saturated heterocycles. The molecule has 3 heteroatoms. The number of likely N-dealkylation sites (tertiary alicyclic amines) is 1. The molecular formula is C15H24N2O. The van der Waals surface area contributed by atoms with Crippen LogP contribution in [0.4, 0.5) is 0 Å². The van der Waals surface area contributed by atoms with Gasteiger partial charge in [-0.15, -0.1) is 0 Å². The van der Waals surface area contributed by atoms with Crippen LogP contribution in [0.5, 0.6) is 0 Å². The summed E-state index contributed by atoms with van der Waals surface area (Å²) in [5.41, 5.74) is 1.17. The van der Waals surface area contributed by atoms with Crippen molar-refractivity contribution in [2.24, 2.45) is 0 Å². The Bertz CT molecular complexity index is 340. The lowest BCUT2D eigenvalue weighted by Gasteiger charge is -2.36. The fourth-order valence-corrected chi connectivity index (χ4v) is 2.82. The Morgan fingerprint density at radius 2 is 2.33 bits per heavy atom. The van der Waals surface area contributed by atoms with Gasteiger partial charge >= 0.3 is 0 Å². The molecular weight excluding hydrogens is 224 g/mol. The molecule has 100 valence electrons. The summed E-state index contributed by atoms with van der Waals surface area (Å²) in [4.78, 5) is 6.91. The van der Waals surface area contributed by atoms with Gasteiger partial charge in [0, 0.05) is 30.9 Å². The van der Waals surface area contributed by atoms with Gasteiger partial charge in [0.25, 0.3) is 0 Å². The van der Waals surface area contributed by atoms with Crippen molar-refractivity contribution in [1.82, 2.24) is 9.88 Å². The van der Waals surface area contributed by atoms with Crippen molar-refractivity contribution in [3.05, 3.63) is 30.1 Å². The Morgan fingerprint density at radius 3 is 3.06 bits per heavy atom. The Morgan fingerprint density at radius 1 is 1.44 bits per heavy atom. The van der Waals surface area contributed by atoms with Crippen LogP contribution in [0.15, 0.2) is 24.4 Å². The largest absolute Gasteiger partial charge is 0.393 e. The van der Waals surface area contributed by atoms with E-state index in [1.54, 1.807) is 0 Å². The van der Waals surface area contributed by atoms with Crippen LogP contribution in [0.2, 0.25) is 0 Å². The highest BCUT2D eigenvalue weighted by atomic mass is 16.3. The summed E-state index contributed by atoms with van der Waals surface area (Å²) in [6.07, 6.45) is 7.41. The van der Waals surface area contributed by atoms with Crippen molar-refractivity contribution in [3.8, 4) is 0 Å². The summed E-state index contributed by atoms with van der Waals surface area (Å²) in [5.74, 6) is 0. The fraction of sp³-hybridized carbons (Fsp3) is 0.667. The third-order valence-electron chi connectivity index (χ3n) is 3.74. The van der Waals surface area contributed by atoms with Crippen molar-refractivity contribution >= 4 is 0 Å². The first-order valence-electron chi connectivity index (χ1n) is 7.07. The number of aliphatic hydroxyl groups is 1. The van der Waals surface area contributed by atoms with Gasteiger partial charge in [0.2, 0.25) is 0 Å². The number of pyridine rings is 1. The molecule has 0 radical (unpaired) electrons. The summed E-state index contributed by atoms with van der Waals surface area (Å²) in [5, 5.41) is 9.57. The molecule has 0 bridgehead atoms. The predicted octanol–water partition coefficient (Wildman–Crippen LogP) is 2.25. The number of hydrogen-bond acceptors (Lipinski definition) is 3. The van der Waals surface area contributed by atoms with Gasteiger partial charge in [-0.3, -0.25) is 9.88 Å². The zero-order valence-electron chi connectivity index (χ0n) is 11.3. The monoisotopic (exact) mass is 248 g/mol. The Labute approximate surface area is 110 Å². The average Bonchev–Trinajstić information content (AvgIpc) is 2.38. The molecule has 2 heterocycles. The van der Waals surface area contributed by atoms with E-state index >= 15 is 0 Å². The summed E-state index contributed by atoms with van der Waals surface area (Å²) in [7, 11) is 0. The van der Waals surface area contributed by atoms with Gasteiger partial charge in [0.15, 0.2) is 0 Å². The SMILES string of the molecule is CC(O)CC1CCCCN1CCc1ccccn1. The van der Waals surface area contributed by atoms with Crippen LogP contribution < -0.4 is 0 Å². The van der Waals surface area contributed by atoms with Gasteiger partial charge < -0.3 is 5.11 Å². The lowest BCUT2D eigenvalue weighted by atomic mass is 9.97. The summed E-state index contributed by atoms with van der Waals surface area (Å²) in [6.45, 7) is 4.13. The molecule has 2 rings (SSSR count). The molecule has 0 amide bonds. The van der Waals surface area contributed by atoms with E-state index < -0.39 is 0 Å². The number of hydrogen-bond donors (Lipinski definition) is 1. The average molecular weight is 248 g/mol. The zero-order chi connectivity index (χ0) is 12.8. The molecule has 0 aliphatic carbocycles. The molecule has 0 spiro atoms. The molecule has 0 aromatic carbocycles. The highest BCUT2D eigenvalue weighted by Gasteiger charge is 2.23. The lowest BCUT2D eigenvalue weighted by molar-refractivity contribution is 0.0876. The third kappa shape index (κ3) is 4.07. The summed E-state index contributed by atoms with van der Waals surface area (Å²) >= 11 is 0. The van der Waals surface area contributed by atoms with E-state index in [0.29, 0.717) is 6.04 Å². The molecule has 0 saturated carbocycles. The lowest BCUT2D eigenvalue weighted by Crippen LogP contribution is -2.42. The minimum atomic E-state index is -0.189. The molecule has 18 heavy (non-hydrogen) atoms. The maximum absolute atomic E-state index is 9.57. The maximum atomic E-state index is 9.57. The van der Waals surface area contributed by atoms with Crippen LogP contribution in [0.3, 0.4) is 0 Å². The van der Waals surface area contributed by atoms with Crippen molar-refractivity contribution in [2.45, 2.75) is 51.2 Å². The van der Waals surface area contributed by atoms with Gasteiger partial charge in [0.05, 0.1) is 6.10 Å². The quantitative estimate of drug-likeness (QED) is 0.868. The predicted molar refractivity (Wildman–Crippen MR) is 73.5 cm³/mol. The second-order valence-electron chi connectivity index (χ2n) is 5.34. The smallest absolute Gasteiger partial charge is 0.0527 e. The van der Waals surface area contributed by atoms with Gasteiger partial charge in [-0.2, -0.15) is 0 Å². The topological polar surface area (TPSA) is 36.4 Å². The van der Waals surface area contributed by atoms with Gasteiger partial charge in [-0.05, 0) is 44.9 Å². The van der Waals surface area contributed by atoms with Crippen LogP contribution in [0.1, 0.15) is 38.3 Å². The van der Waals surface area contributed by atoms with Gasteiger partial charge in [-0.25, -0.2) is 0 Å². The Kier molecular flexibility index (Phi) is 5.14. The Balaban J connectivity index is 1.85. The van der Waals surface area contributed by atoms with E-state index in [1.807, 2.05) is 25.3 Å². The third-order valence-corrected chi connectivity index (χ3v) is 3.74. The van der Waals surface area contributed by atoms with Gasteiger partial charge in [-0.1, -0.05) is 12.5 Å². The summed E-state index contributed by atoms with van der Waals surface area (Å²) < 4.78 is 0. The first-order valence-corrected chi connectivity index (χ1v) is 7.07. The van der Waals surface area contributed by atoms with Crippen LogP contribution >= 0.6 is 0 Å². The molecule has 2 atom stereocenters. The van der Waals surface area contributed by atoms with Crippen LogP contribution in [-0.2, 0) is 6.42 Å². The number of aliphatic hydroxyl groups excluding tert-OH is 1. The second kappa shape index (κ2) is 6.86. The number of nitrogens with zero attached hydrogens (tertiary/aromatic N) is 2. The highest BCUT2D eigenvalue weighted by molar-refractivity contribution is 5.04. The molecule has 3 nitrogen and oxygen atoms in total. The van der Waals surface area contributed by atoms with Crippen LogP contribution in [-0.4, -0.2) is 40.2 Å². The molecule has 1 fully saturated rings. The number of piperidine rings is 1. The molecule has 2 unspecified atom stereocenters. The first kappa shape index (κ1) is 13.5. The zero-order valence-corrected chi connectivity index (χ0v) is 11.3. The summed E-state index contributed by atoms with van der Waals surface area (Å²) in [6, 6.07) is 6.66. The van der Waals surface area contributed by atoms with E-state index in [0.717, 1.165) is 19.4 Å². The van der Waals surface area contributed by atoms with Crippen molar-refractivity contribution in [3.63, 3.8) is 0 Å². The molecule has 1 aromatic rings. The van der Waals surface area contributed by atoms with E-state index in [1.165, 1.54) is 31.5 Å². The minimum absolute atomic E-state index is 0.189. The van der Waals surface area contributed by atoms with Crippen LogP contribution in [0.25, 0.3) is 0 Å². The van der Waals surface area contributed by atoms with E-state index in [-0.39, 0.29) is 6.10 Å². The maximum Gasteiger partial charge on any atom is 0.0527 e. The van der Waals surface area contributed by atoms with Crippen molar-refractivity contribution in [1.29, 1.82) is 0 Å². The van der Waals surface area contributed by atoms with E-state index in [4.69, 9.17) is 0 Å². The molecule has 1 aliphatic heterocycles. The van der Waals surface area contributed by atoms with Crippen molar-refractivity contribution in [2.75, 3.05) is 13.1 Å². The standard InChI is InChI=1S/C15H24N2O/c1-13(18)12-15-7-3-5-10-17(15)11-8-14-6-2-4-9-16-14/h2,4,6,9,13,15,18H,3,5,7-8,10-12H2,1H3. The highest BCUT2D eigenvalue weighted by Crippen LogP contribution is 2.21. The molecule has 1 N–H and O–H groups in total. The fourth-order valence-electron chi connectivity index (χ4n) is 2.82. The second-order valence-corrected chi connectivity index (χ2v) is 5.34. The number of rotatable bonds is 5. The minimum Gasteiger partial charge on any atom is -0.393 e. The van der Waals surface area contributed by atoms with E-state index in [9.17, 15) is 5.11 Å². The van der Waals surface area contributed by atoms with E-state index in [2.05, 4.69) is 16.0 Å². The molecule has 1 aromatic heterocycles.